The number of likely N-dealkylation sites (N-methyl/N-ethyl adjacent to an activating group) is 1. The van der Waals surface area contributed by atoms with Gasteiger partial charge in [0.1, 0.15) is 17.1 Å². The van der Waals surface area contributed by atoms with Gasteiger partial charge < -0.3 is 14.1 Å². The van der Waals surface area contributed by atoms with E-state index in [-0.39, 0.29) is 5.91 Å². The van der Waals surface area contributed by atoms with Crippen LogP contribution in [0.3, 0.4) is 0 Å². The van der Waals surface area contributed by atoms with Crippen LogP contribution in [0.2, 0.25) is 0 Å². The van der Waals surface area contributed by atoms with Crippen molar-refractivity contribution < 1.29 is 13.9 Å². The van der Waals surface area contributed by atoms with Gasteiger partial charge in [0, 0.05) is 25.1 Å². The first-order chi connectivity index (χ1) is 11.7. The first-order valence-corrected chi connectivity index (χ1v) is 7.70. The van der Waals surface area contributed by atoms with Crippen LogP contribution in [-0.4, -0.2) is 25.0 Å². The molecule has 0 radical (unpaired) electrons. The quantitative estimate of drug-likeness (QED) is 0.664. The Morgan fingerprint density at radius 2 is 2.00 bits per heavy atom. The van der Waals surface area contributed by atoms with E-state index in [4.69, 9.17) is 9.15 Å². The van der Waals surface area contributed by atoms with Crippen LogP contribution in [0.5, 0.6) is 5.75 Å². The second kappa shape index (κ2) is 7.04. The van der Waals surface area contributed by atoms with Crippen molar-refractivity contribution in [1.82, 2.24) is 4.90 Å². The second-order valence-corrected chi connectivity index (χ2v) is 5.57. The molecule has 0 spiro atoms. The molecule has 24 heavy (non-hydrogen) atoms. The topological polar surface area (TPSA) is 42.7 Å². The molecule has 1 aromatic heterocycles. The summed E-state index contributed by atoms with van der Waals surface area (Å²) in [6.07, 6.45) is 3.22. The maximum atomic E-state index is 12.3. The Morgan fingerprint density at radius 1 is 1.17 bits per heavy atom. The summed E-state index contributed by atoms with van der Waals surface area (Å²) in [5.41, 5.74) is 1.83. The Morgan fingerprint density at radius 3 is 2.79 bits per heavy atom. The predicted octanol–water partition coefficient (Wildman–Crippen LogP) is 4.11. The molecule has 0 aliphatic heterocycles. The van der Waals surface area contributed by atoms with E-state index < -0.39 is 0 Å². The van der Waals surface area contributed by atoms with Crippen molar-refractivity contribution in [3.8, 4) is 5.75 Å². The maximum absolute atomic E-state index is 12.3. The van der Waals surface area contributed by atoms with Crippen LogP contribution in [0.15, 0.2) is 65.1 Å². The van der Waals surface area contributed by atoms with Crippen LogP contribution in [-0.2, 0) is 11.3 Å². The van der Waals surface area contributed by atoms with Crippen molar-refractivity contribution in [3.05, 3.63) is 72.0 Å². The number of benzene rings is 2. The number of ether oxygens (including phenoxy) is 1. The highest BCUT2D eigenvalue weighted by Crippen LogP contribution is 2.20. The van der Waals surface area contributed by atoms with Gasteiger partial charge in [0.2, 0.25) is 5.91 Å². The number of fused-ring (bicyclic) bond motifs is 1. The molecule has 1 amide bonds. The summed E-state index contributed by atoms with van der Waals surface area (Å²) >= 11 is 0. The minimum atomic E-state index is -0.0849. The summed E-state index contributed by atoms with van der Waals surface area (Å²) < 4.78 is 10.9. The normalized spacial score (nSPS) is 11.1. The van der Waals surface area contributed by atoms with Gasteiger partial charge in [-0.25, -0.2) is 0 Å². The fraction of sp³-hybridized carbons (Fsp3) is 0.150. The van der Waals surface area contributed by atoms with E-state index in [9.17, 15) is 4.79 Å². The van der Waals surface area contributed by atoms with Gasteiger partial charge in [-0.15, -0.1) is 0 Å². The molecule has 0 atom stereocenters. The van der Waals surface area contributed by atoms with Crippen LogP contribution in [0.4, 0.5) is 0 Å². The molecule has 3 rings (SSSR count). The number of methoxy groups -OCH3 is 1. The largest absolute Gasteiger partial charge is 0.497 e. The molecule has 0 aliphatic carbocycles. The molecule has 0 aliphatic rings. The summed E-state index contributed by atoms with van der Waals surface area (Å²) in [4.78, 5) is 13.9. The van der Waals surface area contributed by atoms with E-state index in [1.165, 1.54) is 6.08 Å². The molecule has 3 aromatic rings. The number of hydrogen-bond acceptors (Lipinski definition) is 3. The highest BCUT2D eigenvalue weighted by atomic mass is 16.5. The highest BCUT2D eigenvalue weighted by Gasteiger charge is 2.07. The summed E-state index contributed by atoms with van der Waals surface area (Å²) in [6, 6.07) is 17.4. The van der Waals surface area contributed by atoms with Crippen molar-refractivity contribution in [2.24, 2.45) is 0 Å². The molecule has 122 valence electrons. The van der Waals surface area contributed by atoms with Gasteiger partial charge >= 0.3 is 0 Å². The van der Waals surface area contributed by atoms with E-state index >= 15 is 0 Å². The Hall–Kier alpha value is -3.01. The van der Waals surface area contributed by atoms with Gasteiger partial charge in [-0.2, -0.15) is 0 Å². The van der Waals surface area contributed by atoms with Gasteiger partial charge in [-0.3, -0.25) is 4.79 Å². The molecule has 0 bridgehead atoms. The minimum absolute atomic E-state index is 0.0849. The summed E-state index contributed by atoms with van der Waals surface area (Å²) in [5, 5.41) is 1.02. The average molecular weight is 321 g/mol. The first-order valence-electron chi connectivity index (χ1n) is 7.70. The third-order valence-electron chi connectivity index (χ3n) is 3.76. The Balaban J connectivity index is 1.66. The van der Waals surface area contributed by atoms with Gasteiger partial charge in [0.15, 0.2) is 0 Å². The fourth-order valence-corrected chi connectivity index (χ4v) is 2.49. The number of furan rings is 1. The number of nitrogens with zero attached hydrogens (tertiary/aromatic N) is 1. The number of carbonyl (C=O) groups is 1. The molecule has 2 aromatic carbocycles. The minimum Gasteiger partial charge on any atom is -0.497 e. The van der Waals surface area contributed by atoms with E-state index in [0.29, 0.717) is 12.3 Å². The van der Waals surface area contributed by atoms with Crippen molar-refractivity contribution >= 4 is 23.0 Å². The number of rotatable bonds is 5. The van der Waals surface area contributed by atoms with Crippen molar-refractivity contribution in [2.45, 2.75) is 6.54 Å². The number of para-hydroxylation sites is 1. The lowest BCUT2D eigenvalue weighted by atomic mass is 10.2. The molecule has 1 heterocycles. The van der Waals surface area contributed by atoms with Gasteiger partial charge in [-0.05, 0) is 35.9 Å². The van der Waals surface area contributed by atoms with E-state index in [1.54, 1.807) is 25.1 Å². The standard InChI is InChI=1S/C20H19NO3/c1-21(14-15-6-5-8-17(12-15)23-2)20(22)11-10-18-13-16-7-3-4-9-19(16)24-18/h3-13H,14H2,1-2H3. The summed E-state index contributed by atoms with van der Waals surface area (Å²) in [6.45, 7) is 0.514. The van der Waals surface area contributed by atoms with Crippen LogP contribution in [0, 0.1) is 0 Å². The predicted molar refractivity (Wildman–Crippen MR) is 94.7 cm³/mol. The summed E-state index contributed by atoms with van der Waals surface area (Å²) in [7, 11) is 3.40. The number of hydrogen-bond donors (Lipinski definition) is 0. The third kappa shape index (κ3) is 3.66. The van der Waals surface area contributed by atoms with Gasteiger partial charge in [0.25, 0.3) is 0 Å². The van der Waals surface area contributed by atoms with Gasteiger partial charge in [-0.1, -0.05) is 30.3 Å². The molecule has 4 heteroatoms. The highest BCUT2D eigenvalue weighted by molar-refractivity contribution is 5.92. The van der Waals surface area contributed by atoms with E-state index in [0.717, 1.165) is 22.3 Å². The molecule has 0 N–H and O–H groups in total. The molecule has 4 nitrogen and oxygen atoms in total. The fourth-order valence-electron chi connectivity index (χ4n) is 2.49. The SMILES string of the molecule is COc1cccc(CN(C)C(=O)C=Cc2cc3ccccc3o2)c1. The molecule has 0 saturated carbocycles. The zero-order valence-electron chi connectivity index (χ0n) is 13.7. The third-order valence-corrected chi connectivity index (χ3v) is 3.76. The maximum Gasteiger partial charge on any atom is 0.246 e. The van der Waals surface area contributed by atoms with Crippen LogP contribution >= 0.6 is 0 Å². The zero-order chi connectivity index (χ0) is 16.9. The molecule has 0 unspecified atom stereocenters. The molecular weight excluding hydrogens is 302 g/mol. The smallest absolute Gasteiger partial charge is 0.246 e. The average Bonchev–Trinajstić information content (AvgIpc) is 3.02. The van der Waals surface area contributed by atoms with Crippen molar-refractivity contribution in [3.63, 3.8) is 0 Å². The Kier molecular flexibility index (Phi) is 4.66. The van der Waals surface area contributed by atoms with Crippen LogP contribution in [0.25, 0.3) is 17.0 Å². The molecular formula is C20H19NO3. The Bertz CT molecular complexity index is 846. The lowest BCUT2D eigenvalue weighted by Crippen LogP contribution is -2.24. The van der Waals surface area contributed by atoms with E-state index in [2.05, 4.69) is 0 Å². The van der Waals surface area contributed by atoms with Gasteiger partial charge in [0.05, 0.1) is 7.11 Å². The zero-order valence-corrected chi connectivity index (χ0v) is 13.7. The number of amides is 1. The molecule has 0 saturated heterocycles. The lowest BCUT2D eigenvalue weighted by Gasteiger charge is -2.15. The van der Waals surface area contributed by atoms with E-state index in [1.807, 2.05) is 54.6 Å². The van der Waals surface area contributed by atoms with Crippen LogP contribution in [0.1, 0.15) is 11.3 Å². The van der Waals surface area contributed by atoms with Crippen molar-refractivity contribution in [2.75, 3.05) is 14.2 Å². The van der Waals surface area contributed by atoms with Crippen molar-refractivity contribution in [1.29, 1.82) is 0 Å². The number of carbonyl (C=O) groups excluding carboxylic acids is 1. The second-order valence-electron chi connectivity index (χ2n) is 5.57. The Labute approximate surface area is 140 Å². The van der Waals surface area contributed by atoms with Crippen LogP contribution < -0.4 is 4.74 Å². The monoisotopic (exact) mass is 321 g/mol. The first kappa shape index (κ1) is 15.9. The summed E-state index contributed by atoms with van der Waals surface area (Å²) in [5.74, 6) is 1.36. The lowest BCUT2D eigenvalue weighted by molar-refractivity contribution is -0.125. The molecule has 0 fully saturated rings.